The molecule has 0 aliphatic carbocycles. The normalized spacial score (nSPS) is 16.8. The Labute approximate surface area is 223 Å². The van der Waals surface area contributed by atoms with Gasteiger partial charge in [-0.05, 0) is 43.2 Å². The Morgan fingerprint density at radius 1 is 1.00 bits per heavy atom. The number of nitrogens with one attached hydrogen (secondary N) is 1. The first-order valence-electron chi connectivity index (χ1n) is 11.6. The summed E-state index contributed by atoms with van der Waals surface area (Å²) in [5.41, 5.74) is 1.92. The van der Waals surface area contributed by atoms with Gasteiger partial charge in [0.25, 0.3) is 11.8 Å². The maximum Gasteiger partial charge on any atom is 0.303 e. The molecule has 0 saturated carbocycles. The molecule has 0 radical (unpaired) electrons. The summed E-state index contributed by atoms with van der Waals surface area (Å²) in [6, 6.07) is 13.9. The molecular formula is C26H25N3O6S2. The van der Waals surface area contributed by atoms with Crippen LogP contribution < -0.4 is 15.0 Å². The third kappa shape index (κ3) is 5.83. The van der Waals surface area contributed by atoms with Gasteiger partial charge in [-0.15, -0.1) is 0 Å². The molecule has 2 aromatic rings. The molecule has 0 aromatic heterocycles. The van der Waals surface area contributed by atoms with Crippen LogP contribution in [-0.2, 0) is 19.2 Å². The van der Waals surface area contributed by atoms with Crippen molar-refractivity contribution in [3.8, 4) is 5.75 Å². The van der Waals surface area contributed by atoms with Crippen molar-refractivity contribution in [2.24, 2.45) is 0 Å². The number of nitrogens with zero attached hydrogens (tertiary/aromatic N) is 2. The van der Waals surface area contributed by atoms with E-state index in [4.69, 9.17) is 22.1 Å². The second kappa shape index (κ2) is 11.6. The van der Waals surface area contributed by atoms with Crippen molar-refractivity contribution < 1.29 is 29.0 Å². The zero-order chi connectivity index (χ0) is 26.5. The standard InChI is InChI=1S/C26H25N3O6S2/c1-35-17-12-10-16(11-13-17)27-20(30)15-29-19-8-5-4-7-18(19)22(24(29)33)23-25(34)28(26(36)37-23)14-6-2-3-9-21(31)32/h4-5,7-8,10-13H,2-3,6,9,14-15H2,1H3,(H,27,30)(H,31,32). The lowest BCUT2D eigenvalue weighted by Crippen LogP contribution is -2.35. The number of carbonyl (C=O) groups is 4. The second-order valence-corrected chi connectivity index (χ2v) is 10.1. The number of methoxy groups -OCH3 is 1. The molecular weight excluding hydrogens is 514 g/mol. The van der Waals surface area contributed by atoms with Crippen molar-refractivity contribution >= 4 is 68.9 Å². The lowest BCUT2D eigenvalue weighted by molar-refractivity contribution is -0.137. The van der Waals surface area contributed by atoms with Gasteiger partial charge in [0.05, 0.1) is 23.3 Å². The molecule has 0 spiro atoms. The van der Waals surface area contributed by atoms with Crippen molar-refractivity contribution in [1.82, 2.24) is 4.90 Å². The molecule has 2 aliphatic heterocycles. The number of rotatable bonds is 10. The van der Waals surface area contributed by atoms with Crippen molar-refractivity contribution in [2.75, 3.05) is 30.4 Å². The Balaban J connectivity index is 1.50. The van der Waals surface area contributed by atoms with Crippen LogP contribution in [0.1, 0.15) is 31.2 Å². The number of amides is 3. The number of hydrogen-bond acceptors (Lipinski definition) is 7. The van der Waals surface area contributed by atoms with Gasteiger partial charge < -0.3 is 15.2 Å². The van der Waals surface area contributed by atoms with Crippen LogP contribution in [0.2, 0.25) is 0 Å². The number of carboxylic acid groups (broad SMARTS) is 1. The fraction of sp³-hybridized carbons (Fsp3) is 0.269. The van der Waals surface area contributed by atoms with E-state index in [1.807, 2.05) is 0 Å². The molecule has 1 fully saturated rings. The van der Waals surface area contributed by atoms with E-state index in [-0.39, 0.29) is 35.3 Å². The summed E-state index contributed by atoms with van der Waals surface area (Å²) in [7, 11) is 1.55. The molecule has 0 unspecified atom stereocenters. The van der Waals surface area contributed by atoms with Crippen LogP contribution in [0.15, 0.2) is 53.4 Å². The second-order valence-electron chi connectivity index (χ2n) is 8.42. The van der Waals surface area contributed by atoms with Gasteiger partial charge in [-0.1, -0.05) is 48.6 Å². The Morgan fingerprint density at radius 3 is 2.43 bits per heavy atom. The molecule has 1 saturated heterocycles. The van der Waals surface area contributed by atoms with E-state index < -0.39 is 11.9 Å². The lowest BCUT2D eigenvalue weighted by Gasteiger charge is -2.17. The third-order valence-electron chi connectivity index (χ3n) is 5.95. The van der Waals surface area contributed by atoms with Crippen molar-refractivity contribution in [1.29, 1.82) is 0 Å². The van der Waals surface area contributed by atoms with Crippen LogP contribution in [0.3, 0.4) is 0 Å². The van der Waals surface area contributed by atoms with Gasteiger partial charge in [0.1, 0.15) is 16.6 Å². The van der Waals surface area contributed by atoms with Gasteiger partial charge >= 0.3 is 5.97 Å². The number of fused-ring (bicyclic) bond motifs is 1. The van der Waals surface area contributed by atoms with Gasteiger partial charge in [-0.25, -0.2) is 0 Å². The van der Waals surface area contributed by atoms with Crippen molar-refractivity contribution in [3.63, 3.8) is 0 Å². The minimum Gasteiger partial charge on any atom is -0.497 e. The average molecular weight is 540 g/mol. The average Bonchev–Trinajstić information content (AvgIpc) is 3.31. The molecule has 9 nitrogen and oxygen atoms in total. The smallest absolute Gasteiger partial charge is 0.303 e. The van der Waals surface area contributed by atoms with Crippen LogP contribution in [-0.4, -0.2) is 58.2 Å². The minimum atomic E-state index is -0.851. The minimum absolute atomic E-state index is 0.0790. The predicted octanol–water partition coefficient (Wildman–Crippen LogP) is 3.90. The number of thioether (sulfide) groups is 1. The highest BCUT2D eigenvalue weighted by Gasteiger charge is 2.42. The topological polar surface area (TPSA) is 116 Å². The molecule has 0 bridgehead atoms. The maximum atomic E-state index is 13.5. The van der Waals surface area contributed by atoms with Crippen molar-refractivity contribution in [3.05, 3.63) is 59.0 Å². The van der Waals surface area contributed by atoms with Gasteiger partial charge in [0.2, 0.25) is 5.91 Å². The molecule has 192 valence electrons. The van der Waals surface area contributed by atoms with Crippen LogP contribution in [0, 0.1) is 0 Å². The predicted molar refractivity (Wildman–Crippen MR) is 145 cm³/mol. The summed E-state index contributed by atoms with van der Waals surface area (Å²) >= 11 is 6.49. The lowest BCUT2D eigenvalue weighted by atomic mass is 10.1. The monoisotopic (exact) mass is 539 g/mol. The number of anilines is 2. The maximum absolute atomic E-state index is 13.5. The first-order valence-corrected chi connectivity index (χ1v) is 12.9. The van der Waals surface area contributed by atoms with Gasteiger partial charge in [-0.2, -0.15) is 0 Å². The molecule has 2 N–H and O–H groups in total. The summed E-state index contributed by atoms with van der Waals surface area (Å²) in [5.74, 6) is -1.37. The number of ether oxygens (including phenoxy) is 1. The number of para-hydroxylation sites is 1. The van der Waals surface area contributed by atoms with E-state index in [2.05, 4.69) is 5.32 Å². The van der Waals surface area contributed by atoms with Gasteiger partial charge in [0, 0.05) is 24.2 Å². The van der Waals surface area contributed by atoms with Crippen molar-refractivity contribution in [2.45, 2.75) is 25.7 Å². The van der Waals surface area contributed by atoms with Crippen LogP contribution >= 0.6 is 24.0 Å². The Hall–Kier alpha value is -3.70. The zero-order valence-electron chi connectivity index (χ0n) is 20.1. The molecule has 2 aromatic carbocycles. The number of unbranched alkanes of at least 4 members (excludes halogenated alkanes) is 2. The highest BCUT2D eigenvalue weighted by molar-refractivity contribution is 8.26. The van der Waals surface area contributed by atoms with E-state index in [1.165, 1.54) is 9.80 Å². The van der Waals surface area contributed by atoms with Crippen LogP contribution in [0.25, 0.3) is 5.57 Å². The van der Waals surface area contributed by atoms with E-state index in [0.29, 0.717) is 52.8 Å². The van der Waals surface area contributed by atoms with Gasteiger partial charge in [-0.3, -0.25) is 29.0 Å². The van der Waals surface area contributed by atoms with E-state index in [1.54, 1.807) is 55.6 Å². The Morgan fingerprint density at radius 2 is 1.73 bits per heavy atom. The first kappa shape index (κ1) is 26.4. The largest absolute Gasteiger partial charge is 0.497 e. The zero-order valence-corrected chi connectivity index (χ0v) is 21.7. The third-order valence-corrected chi connectivity index (χ3v) is 7.40. The summed E-state index contributed by atoms with van der Waals surface area (Å²) in [6.45, 7) is 0.125. The van der Waals surface area contributed by atoms with Crippen LogP contribution in [0.4, 0.5) is 11.4 Å². The number of benzene rings is 2. The molecule has 2 aliphatic rings. The number of carboxylic acids is 1. The Kier molecular flexibility index (Phi) is 8.24. The first-order chi connectivity index (χ1) is 17.8. The number of thiocarbonyl (C=S) groups is 1. The highest BCUT2D eigenvalue weighted by Crippen LogP contribution is 2.44. The number of aliphatic carboxylic acids is 1. The summed E-state index contributed by atoms with van der Waals surface area (Å²) in [6.07, 6.45) is 1.85. The van der Waals surface area contributed by atoms with E-state index in [0.717, 1.165) is 11.8 Å². The van der Waals surface area contributed by atoms with E-state index in [9.17, 15) is 19.2 Å². The van der Waals surface area contributed by atoms with Crippen LogP contribution in [0.5, 0.6) is 5.75 Å². The molecule has 4 rings (SSSR count). The fourth-order valence-electron chi connectivity index (χ4n) is 4.14. The van der Waals surface area contributed by atoms with Gasteiger partial charge in [0.15, 0.2) is 0 Å². The summed E-state index contributed by atoms with van der Waals surface area (Å²) < 4.78 is 5.48. The molecule has 2 heterocycles. The Bertz CT molecular complexity index is 1290. The summed E-state index contributed by atoms with van der Waals surface area (Å²) in [4.78, 5) is 53.3. The fourth-order valence-corrected chi connectivity index (χ4v) is 5.52. The SMILES string of the molecule is COc1ccc(NC(=O)CN2C(=O)C(=C3SC(=S)N(CCCCCC(=O)O)C3=O)c3ccccc32)cc1. The molecule has 0 atom stereocenters. The molecule has 3 amide bonds. The highest BCUT2D eigenvalue weighted by atomic mass is 32.2. The summed E-state index contributed by atoms with van der Waals surface area (Å²) in [5, 5.41) is 11.6. The number of carbonyl (C=O) groups excluding carboxylic acids is 3. The number of hydrogen-bond donors (Lipinski definition) is 2. The van der Waals surface area contributed by atoms with E-state index >= 15 is 0 Å². The molecule has 11 heteroatoms. The molecule has 37 heavy (non-hydrogen) atoms. The quantitative estimate of drug-likeness (QED) is 0.265.